The molecule has 1 aromatic heterocycles. The van der Waals surface area contributed by atoms with Gasteiger partial charge in [-0.15, -0.1) is 11.3 Å². The van der Waals surface area contributed by atoms with E-state index in [0.717, 1.165) is 27.2 Å². The molecule has 0 aliphatic heterocycles. The zero-order valence-corrected chi connectivity index (χ0v) is 13.0. The smallest absolute Gasteiger partial charge is 0.123 e. The van der Waals surface area contributed by atoms with E-state index in [-0.39, 0.29) is 0 Å². The SMILES string of the molecule is CC(C)Cc1nc(-c2cccc(Br)c2)sc1CN. The fourth-order valence-corrected chi connectivity index (χ4v) is 3.20. The van der Waals surface area contributed by atoms with Crippen molar-refractivity contribution in [1.29, 1.82) is 0 Å². The number of halogens is 1. The first-order valence-corrected chi connectivity index (χ1v) is 7.65. The Bertz CT molecular complexity index is 534. The molecule has 0 amide bonds. The van der Waals surface area contributed by atoms with Crippen LogP contribution in [0.4, 0.5) is 0 Å². The predicted molar refractivity (Wildman–Crippen MR) is 81.7 cm³/mol. The molecule has 0 radical (unpaired) electrons. The van der Waals surface area contributed by atoms with Crippen LogP contribution in [-0.2, 0) is 13.0 Å². The van der Waals surface area contributed by atoms with Gasteiger partial charge in [-0.05, 0) is 24.5 Å². The molecule has 2 nitrogen and oxygen atoms in total. The van der Waals surface area contributed by atoms with Crippen molar-refractivity contribution in [1.82, 2.24) is 4.98 Å². The largest absolute Gasteiger partial charge is 0.326 e. The quantitative estimate of drug-likeness (QED) is 0.914. The summed E-state index contributed by atoms with van der Waals surface area (Å²) in [5, 5.41) is 1.06. The van der Waals surface area contributed by atoms with Crippen molar-refractivity contribution in [3.8, 4) is 10.6 Å². The molecule has 1 aromatic carbocycles. The zero-order chi connectivity index (χ0) is 13.1. The molecule has 4 heteroatoms. The lowest BCUT2D eigenvalue weighted by Crippen LogP contribution is -2.01. The Hall–Kier alpha value is -0.710. The van der Waals surface area contributed by atoms with Crippen molar-refractivity contribution in [2.75, 3.05) is 0 Å². The van der Waals surface area contributed by atoms with Crippen LogP contribution in [0.2, 0.25) is 0 Å². The standard InChI is InChI=1S/C14H17BrN2S/c1-9(2)6-12-13(8-16)18-14(17-12)10-4-3-5-11(15)7-10/h3-5,7,9H,6,8,16H2,1-2H3. The summed E-state index contributed by atoms with van der Waals surface area (Å²) < 4.78 is 1.08. The second-order valence-electron chi connectivity index (χ2n) is 4.70. The van der Waals surface area contributed by atoms with E-state index < -0.39 is 0 Å². The minimum Gasteiger partial charge on any atom is -0.326 e. The summed E-state index contributed by atoms with van der Waals surface area (Å²) in [4.78, 5) is 5.96. The molecular weight excluding hydrogens is 308 g/mol. The van der Waals surface area contributed by atoms with E-state index in [0.29, 0.717) is 12.5 Å². The molecule has 2 aromatic rings. The normalized spacial score (nSPS) is 11.2. The van der Waals surface area contributed by atoms with Crippen LogP contribution in [0.15, 0.2) is 28.7 Å². The van der Waals surface area contributed by atoms with E-state index in [4.69, 9.17) is 10.7 Å². The molecule has 2 N–H and O–H groups in total. The topological polar surface area (TPSA) is 38.9 Å². The van der Waals surface area contributed by atoms with E-state index in [1.165, 1.54) is 4.88 Å². The average Bonchev–Trinajstić information content (AvgIpc) is 2.71. The fourth-order valence-electron chi connectivity index (χ4n) is 1.83. The first-order chi connectivity index (χ1) is 8.60. The molecule has 1 heterocycles. The lowest BCUT2D eigenvalue weighted by atomic mass is 10.1. The highest BCUT2D eigenvalue weighted by Crippen LogP contribution is 2.30. The van der Waals surface area contributed by atoms with E-state index in [9.17, 15) is 0 Å². The van der Waals surface area contributed by atoms with Crippen molar-refractivity contribution < 1.29 is 0 Å². The third-order valence-corrected chi connectivity index (χ3v) is 4.30. The van der Waals surface area contributed by atoms with E-state index in [1.54, 1.807) is 11.3 Å². The molecule has 0 bridgehead atoms. The van der Waals surface area contributed by atoms with Gasteiger partial charge < -0.3 is 5.73 Å². The van der Waals surface area contributed by atoms with Gasteiger partial charge in [0.25, 0.3) is 0 Å². The summed E-state index contributed by atoms with van der Waals surface area (Å²) in [5.74, 6) is 0.604. The van der Waals surface area contributed by atoms with Gasteiger partial charge in [-0.25, -0.2) is 4.98 Å². The number of hydrogen-bond donors (Lipinski definition) is 1. The average molecular weight is 325 g/mol. The molecule has 18 heavy (non-hydrogen) atoms. The monoisotopic (exact) mass is 324 g/mol. The second-order valence-corrected chi connectivity index (χ2v) is 6.70. The minimum absolute atomic E-state index is 0.577. The Kier molecular flexibility index (Phi) is 4.54. The van der Waals surface area contributed by atoms with Crippen LogP contribution in [-0.4, -0.2) is 4.98 Å². The van der Waals surface area contributed by atoms with Crippen molar-refractivity contribution in [2.45, 2.75) is 26.8 Å². The van der Waals surface area contributed by atoms with Crippen LogP contribution in [0.3, 0.4) is 0 Å². The van der Waals surface area contributed by atoms with Crippen LogP contribution >= 0.6 is 27.3 Å². The molecule has 96 valence electrons. The maximum Gasteiger partial charge on any atom is 0.123 e. The number of benzene rings is 1. The molecule has 0 aliphatic carbocycles. The summed E-state index contributed by atoms with van der Waals surface area (Å²) in [6.45, 7) is 4.99. The molecule has 0 saturated carbocycles. The molecule has 0 saturated heterocycles. The first kappa shape index (κ1) is 13.7. The van der Waals surface area contributed by atoms with Gasteiger partial charge in [0.1, 0.15) is 5.01 Å². The predicted octanol–water partition coefficient (Wildman–Crippen LogP) is 4.23. The Morgan fingerprint density at radius 3 is 2.78 bits per heavy atom. The van der Waals surface area contributed by atoms with E-state index in [2.05, 4.69) is 41.9 Å². The van der Waals surface area contributed by atoms with E-state index in [1.807, 2.05) is 12.1 Å². The summed E-state index contributed by atoms with van der Waals surface area (Å²) in [7, 11) is 0. The summed E-state index contributed by atoms with van der Waals surface area (Å²) >= 11 is 5.20. The number of hydrogen-bond acceptors (Lipinski definition) is 3. The van der Waals surface area contributed by atoms with Gasteiger partial charge >= 0.3 is 0 Å². The molecular formula is C14H17BrN2S. The van der Waals surface area contributed by atoms with Gasteiger partial charge in [-0.2, -0.15) is 0 Å². The number of rotatable bonds is 4. The van der Waals surface area contributed by atoms with Gasteiger partial charge in [0.2, 0.25) is 0 Å². The summed E-state index contributed by atoms with van der Waals surface area (Å²) in [6, 6.07) is 8.24. The van der Waals surface area contributed by atoms with Gasteiger partial charge in [0, 0.05) is 21.5 Å². The third-order valence-electron chi connectivity index (χ3n) is 2.64. The number of nitrogens with two attached hydrogens (primary N) is 1. The molecule has 0 unspecified atom stereocenters. The number of nitrogens with zero attached hydrogens (tertiary/aromatic N) is 1. The summed E-state index contributed by atoms with van der Waals surface area (Å²) in [6.07, 6.45) is 0.997. The van der Waals surface area contributed by atoms with Crippen LogP contribution < -0.4 is 5.73 Å². The molecule has 0 spiro atoms. The molecule has 0 aliphatic rings. The molecule has 0 atom stereocenters. The van der Waals surface area contributed by atoms with Crippen molar-refractivity contribution in [2.24, 2.45) is 11.7 Å². The zero-order valence-electron chi connectivity index (χ0n) is 10.6. The highest BCUT2D eigenvalue weighted by Gasteiger charge is 2.12. The maximum atomic E-state index is 5.81. The Morgan fingerprint density at radius 2 is 2.17 bits per heavy atom. The first-order valence-electron chi connectivity index (χ1n) is 6.04. The van der Waals surface area contributed by atoms with Gasteiger partial charge in [0.15, 0.2) is 0 Å². The van der Waals surface area contributed by atoms with Crippen molar-refractivity contribution in [3.05, 3.63) is 39.3 Å². The number of aromatic nitrogens is 1. The minimum atomic E-state index is 0.577. The van der Waals surface area contributed by atoms with Crippen LogP contribution in [0, 0.1) is 5.92 Å². The van der Waals surface area contributed by atoms with Gasteiger partial charge in [-0.1, -0.05) is 41.9 Å². The second kappa shape index (κ2) is 5.95. The van der Waals surface area contributed by atoms with Gasteiger partial charge in [-0.3, -0.25) is 0 Å². The van der Waals surface area contributed by atoms with Crippen LogP contribution in [0.5, 0.6) is 0 Å². The Morgan fingerprint density at radius 1 is 1.39 bits per heavy atom. The highest BCUT2D eigenvalue weighted by atomic mass is 79.9. The van der Waals surface area contributed by atoms with Crippen LogP contribution in [0.25, 0.3) is 10.6 Å². The molecule has 2 rings (SSSR count). The lowest BCUT2D eigenvalue weighted by Gasteiger charge is -2.02. The van der Waals surface area contributed by atoms with Gasteiger partial charge in [0.05, 0.1) is 5.69 Å². The number of thiazole rings is 1. The fraction of sp³-hybridized carbons (Fsp3) is 0.357. The van der Waals surface area contributed by atoms with Crippen molar-refractivity contribution >= 4 is 27.3 Å². The van der Waals surface area contributed by atoms with E-state index >= 15 is 0 Å². The third kappa shape index (κ3) is 3.19. The Labute approximate surface area is 120 Å². The van der Waals surface area contributed by atoms with Crippen molar-refractivity contribution in [3.63, 3.8) is 0 Å². The Balaban J connectivity index is 2.37. The van der Waals surface area contributed by atoms with Crippen LogP contribution in [0.1, 0.15) is 24.4 Å². The maximum absolute atomic E-state index is 5.81. The lowest BCUT2D eigenvalue weighted by molar-refractivity contribution is 0.634. The highest BCUT2D eigenvalue weighted by molar-refractivity contribution is 9.10. The molecule has 0 fully saturated rings. The summed E-state index contributed by atoms with van der Waals surface area (Å²) in [5.41, 5.74) is 8.12.